The maximum atomic E-state index is 14.0. The highest BCUT2D eigenvalue weighted by Crippen LogP contribution is 2.25. The number of hydrogen-bond donors (Lipinski definition) is 1. The summed E-state index contributed by atoms with van der Waals surface area (Å²) in [4.78, 5) is 2.43. The molecule has 1 aromatic carbocycles. The van der Waals surface area contributed by atoms with Crippen molar-refractivity contribution >= 4 is 10.9 Å². The molecule has 0 bridgehead atoms. The second-order valence-corrected chi connectivity index (χ2v) is 5.10. The lowest BCUT2D eigenvalue weighted by molar-refractivity contribution is 0.234. The van der Waals surface area contributed by atoms with E-state index in [1.807, 2.05) is 10.6 Å². The molecule has 1 N–H and O–H groups in total. The van der Waals surface area contributed by atoms with Crippen molar-refractivity contribution in [2.24, 2.45) is 0 Å². The van der Waals surface area contributed by atoms with E-state index in [-0.39, 0.29) is 5.82 Å². The molecular weight excluding hydrogens is 241 g/mol. The van der Waals surface area contributed by atoms with E-state index in [2.05, 4.69) is 23.3 Å². The third-order valence-electron chi connectivity index (χ3n) is 3.88. The van der Waals surface area contributed by atoms with Crippen LogP contribution in [0.5, 0.6) is 0 Å². The maximum absolute atomic E-state index is 14.0. The number of rotatable bonds is 3. The quantitative estimate of drug-likeness (QED) is 0.914. The summed E-state index contributed by atoms with van der Waals surface area (Å²) < 4.78 is 16.0. The first-order chi connectivity index (χ1) is 9.29. The number of halogens is 1. The molecule has 19 heavy (non-hydrogen) atoms. The molecule has 1 saturated heterocycles. The van der Waals surface area contributed by atoms with Crippen LogP contribution in [0.15, 0.2) is 24.4 Å². The number of para-hydroxylation sites is 1. The Hall–Kier alpha value is -1.39. The first-order valence-corrected chi connectivity index (χ1v) is 6.99. The van der Waals surface area contributed by atoms with Gasteiger partial charge in [0.15, 0.2) is 0 Å². The van der Waals surface area contributed by atoms with Gasteiger partial charge in [-0.3, -0.25) is 4.90 Å². The second kappa shape index (κ2) is 5.31. The molecule has 1 aliphatic rings. The molecule has 0 spiro atoms. The summed E-state index contributed by atoms with van der Waals surface area (Å²) in [6.45, 7) is 7.98. The molecule has 1 fully saturated rings. The van der Waals surface area contributed by atoms with Crippen molar-refractivity contribution in [3.05, 3.63) is 35.8 Å². The molecule has 0 amide bonds. The zero-order valence-electron chi connectivity index (χ0n) is 11.3. The molecule has 2 aromatic rings. The van der Waals surface area contributed by atoms with Crippen LogP contribution in [0.4, 0.5) is 4.39 Å². The van der Waals surface area contributed by atoms with E-state index in [9.17, 15) is 4.39 Å². The topological polar surface area (TPSA) is 20.2 Å². The fraction of sp³-hybridized carbons (Fsp3) is 0.467. The van der Waals surface area contributed by atoms with Gasteiger partial charge in [-0.25, -0.2) is 4.39 Å². The zero-order chi connectivity index (χ0) is 13.2. The number of aromatic nitrogens is 1. The lowest BCUT2D eigenvalue weighted by Gasteiger charge is -2.26. The summed E-state index contributed by atoms with van der Waals surface area (Å²) in [6, 6.07) is 5.38. The van der Waals surface area contributed by atoms with Crippen LogP contribution in [0.25, 0.3) is 10.9 Å². The molecule has 0 unspecified atom stereocenters. The van der Waals surface area contributed by atoms with Gasteiger partial charge in [-0.1, -0.05) is 12.1 Å². The van der Waals surface area contributed by atoms with Crippen LogP contribution in [0.1, 0.15) is 12.5 Å². The highest BCUT2D eigenvalue weighted by atomic mass is 19.1. The highest BCUT2D eigenvalue weighted by molar-refractivity contribution is 5.84. The number of nitrogens with one attached hydrogen (secondary N) is 1. The zero-order valence-corrected chi connectivity index (χ0v) is 11.3. The Kier molecular flexibility index (Phi) is 3.53. The Balaban J connectivity index is 1.96. The first-order valence-electron chi connectivity index (χ1n) is 6.99. The fourth-order valence-electron chi connectivity index (χ4n) is 2.87. The summed E-state index contributed by atoms with van der Waals surface area (Å²) in [5.74, 6) is -0.120. The van der Waals surface area contributed by atoms with Crippen molar-refractivity contribution in [1.29, 1.82) is 0 Å². The minimum atomic E-state index is -0.120. The van der Waals surface area contributed by atoms with Gasteiger partial charge in [0.2, 0.25) is 0 Å². The van der Waals surface area contributed by atoms with E-state index >= 15 is 0 Å². The van der Waals surface area contributed by atoms with Gasteiger partial charge in [0.05, 0.1) is 5.52 Å². The highest BCUT2D eigenvalue weighted by Gasteiger charge is 2.15. The summed E-state index contributed by atoms with van der Waals surface area (Å²) in [5.41, 5.74) is 1.98. The number of fused-ring (bicyclic) bond motifs is 1. The average molecular weight is 261 g/mol. The van der Waals surface area contributed by atoms with E-state index in [0.29, 0.717) is 0 Å². The minimum absolute atomic E-state index is 0.120. The van der Waals surface area contributed by atoms with Crippen LogP contribution < -0.4 is 5.32 Å². The molecule has 3 rings (SSSR count). The number of nitrogens with zero attached hydrogens (tertiary/aromatic N) is 2. The Morgan fingerprint density at radius 3 is 2.79 bits per heavy atom. The van der Waals surface area contributed by atoms with Crippen molar-refractivity contribution in [2.45, 2.75) is 20.0 Å². The van der Waals surface area contributed by atoms with Gasteiger partial charge in [-0.15, -0.1) is 0 Å². The summed E-state index contributed by atoms with van der Waals surface area (Å²) in [7, 11) is 0. The Morgan fingerprint density at radius 1 is 1.26 bits per heavy atom. The normalized spacial score (nSPS) is 17.2. The van der Waals surface area contributed by atoms with Gasteiger partial charge in [0.1, 0.15) is 5.82 Å². The van der Waals surface area contributed by atoms with Crippen molar-refractivity contribution in [3.63, 3.8) is 0 Å². The molecule has 1 aliphatic heterocycles. The van der Waals surface area contributed by atoms with E-state index in [4.69, 9.17) is 0 Å². The number of hydrogen-bond acceptors (Lipinski definition) is 2. The third kappa shape index (κ3) is 2.38. The average Bonchev–Trinajstić information content (AvgIpc) is 2.80. The number of piperazine rings is 1. The molecule has 0 atom stereocenters. The van der Waals surface area contributed by atoms with E-state index < -0.39 is 0 Å². The van der Waals surface area contributed by atoms with E-state index in [1.165, 1.54) is 5.56 Å². The minimum Gasteiger partial charge on any atom is -0.345 e. The van der Waals surface area contributed by atoms with Crippen LogP contribution in [0.3, 0.4) is 0 Å². The lowest BCUT2D eigenvalue weighted by Crippen LogP contribution is -2.42. The van der Waals surface area contributed by atoms with Crippen LogP contribution in [-0.4, -0.2) is 35.6 Å². The van der Waals surface area contributed by atoms with Gasteiger partial charge in [-0.05, 0) is 18.6 Å². The van der Waals surface area contributed by atoms with Gasteiger partial charge >= 0.3 is 0 Å². The van der Waals surface area contributed by atoms with E-state index in [0.717, 1.165) is 50.2 Å². The molecular formula is C15H20FN3. The van der Waals surface area contributed by atoms with Crippen molar-refractivity contribution in [2.75, 3.05) is 26.2 Å². The maximum Gasteiger partial charge on any atom is 0.147 e. The smallest absolute Gasteiger partial charge is 0.147 e. The predicted molar refractivity (Wildman–Crippen MR) is 75.7 cm³/mol. The predicted octanol–water partition coefficient (Wildman–Crippen LogP) is 2.21. The lowest BCUT2D eigenvalue weighted by atomic mass is 10.1. The van der Waals surface area contributed by atoms with Crippen LogP contribution in [0, 0.1) is 5.82 Å². The van der Waals surface area contributed by atoms with Gasteiger partial charge in [0.25, 0.3) is 0 Å². The summed E-state index contributed by atoms with van der Waals surface area (Å²) >= 11 is 0. The largest absolute Gasteiger partial charge is 0.345 e. The Morgan fingerprint density at radius 2 is 2.05 bits per heavy atom. The van der Waals surface area contributed by atoms with Crippen LogP contribution >= 0.6 is 0 Å². The molecule has 0 radical (unpaired) electrons. The standard InChI is InChI=1S/C15H20FN3/c1-2-19-11-12(10-18-8-6-17-7-9-18)13-4-3-5-14(16)15(13)19/h3-5,11,17H,2,6-10H2,1H3. The van der Waals surface area contributed by atoms with Gasteiger partial charge < -0.3 is 9.88 Å². The Labute approximate surface area is 113 Å². The molecule has 2 heterocycles. The van der Waals surface area contributed by atoms with Crippen molar-refractivity contribution in [1.82, 2.24) is 14.8 Å². The Bertz CT molecular complexity index is 570. The summed E-state index contributed by atoms with van der Waals surface area (Å²) in [6.07, 6.45) is 2.11. The third-order valence-corrected chi connectivity index (χ3v) is 3.88. The molecule has 102 valence electrons. The number of benzene rings is 1. The molecule has 0 saturated carbocycles. The molecule has 3 nitrogen and oxygen atoms in total. The molecule has 4 heteroatoms. The van der Waals surface area contributed by atoms with Gasteiger partial charge in [0, 0.05) is 50.9 Å². The fourth-order valence-corrected chi connectivity index (χ4v) is 2.87. The van der Waals surface area contributed by atoms with Crippen molar-refractivity contribution < 1.29 is 4.39 Å². The van der Waals surface area contributed by atoms with E-state index in [1.54, 1.807) is 12.1 Å². The second-order valence-electron chi connectivity index (χ2n) is 5.10. The summed E-state index contributed by atoms with van der Waals surface area (Å²) in [5, 5.41) is 4.41. The van der Waals surface area contributed by atoms with Gasteiger partial charge in [-0.2, -0.15) is 0 Å². The number of aryl methyl sites for hydroxylation is 1. The monoisotopic (exact) mass is 261 g/mol. The molecule has 0 aliphatic carbocycles. The first kappa shape index (κ1) is 12.6. The van der Waals surface area contributed by atoms with Crippen LogP contribution in [-0.2, 0) is 13.1 Å². The molecule has 1 aromatic heterocycles. The SMILES string of the molecule is CCn1cc(CN2CCNCC2)c2cccc(F)c21. The van der Waals surface area contributed by atoms with Crippen LogP contribution in [0.2, 0.25) is 0 Å². The van der Waals surface area contributed by atoms with Crippen molar-refractivity contribution in [3.8, 4) is 0 Å².